The molecule has 5 heteroatoms. The van der Waals surface area contributed by atoms with E-state index < -0.39 is 0 Å². The van der Waals surface area contributed by atoms with Crippen LogP contribution in [0.1, 0.15) is 25.0 Å². The molecule has 134 valence electrons. The van der Waals surface area contributed by atoms with E-state index in [-0.39, 0.29) is 18.3 Å². The van der Waals surface area contributed by atoms with E-state index in [0.717, 1.165) is 43.0 Å². The summed E-state index contributed by atoms with van der Waals surface area (Å²) in [6, 6.07) is 14.5. The van der Waals surface area contributed by atoms with Crippen molar-refractivity contribution in [1.82, 2.24) is 4.90 Å². The second-order valence-electron chi connectivity index (χ2n) is 6.16. The van der Waals surface area contributed by atoms with Crippen LogP contribution in [0.4, 0.5) is 17.1 Å². The molecule has 0 unspecified atom stereocenters. The van der Waals surface area contributed by atoms with Gasteiger partial charge < -0.3 is 23.0 Å². The molecular weight excluding hydrogens is 334 g/mol. The molecule has 0 aliphatic carbocycles. The van der Waals surface area contributed by atoms with Gasteiger partial charge in [-0.15, -0.1) is 0 Å². The Morgan fingerprint density at radius 2 is 1.72 bits per heavy atom. The summed E-state index contributed by atoms with van der Waals surface area (Å²) in [6.07, 6.45) is 2.04. The summed E-state index contributed by atoms with van der Waals surface area (Å²) >= 11 is 0. The molecule has 0 saturated heterocycles. The summed E-state index contributed by atoms with van der Waals surface area (Å²) in [5.41, 5.74) is 5.70. The first kappa shape index (κ1) is 19.3. The largest absolute Gasteiger partial charge is 1.00 e. The summed E-state index contributed by atoms with van der Waals surface area (Å²) in [4.78, 5) is 14.3. The van der Waals surface area contributed by atoms with Gasteiger partial charge in [-0.05, 0) is 55.3 Å². The first-order valence-corrected chi connectivity index (χ1v) is 8.69. The van der Waals surface area contributed by atoms with Gasteiger partial charge in [-0.3, -0.25) is 9.69 Å². The standard InChI is InChI=1S/C20H25N3O.ClH/c1-3-23(4-2)14-20(24)21-17-12-11-16-10-9-15-7-5-6-8-18(15)22-19(16)13-17;/h5-8,11-13,22H,3-4,9-10,14H2,1-2H3,(H,21,24);1H/p-1. The van der Waals surface area contributed by atoms with Gasteiger partial charge in [0.1, 0.15) is 0 Å². The second kappa shape index (κ2) is 8.88. The third-order valence-electron chi connectivity index (χ3n) is 4.61. The number of fused-ring (bicyclic) bond motifs is 2. The van der Waals surface area contributed by atoms with Crippen LogP contribution in [0, 0.1) is 0 Å². The van der Waals surface area contributed by atoms with Crippen molar-refractivity contribution < 1.29 is 17.2 Å². The Morgan fingerprint density at radius 1 is 1.04 bits per heavy atom. The summed E-state index contributed by atoms with van der Waals surface area (Å²) in [7, 11) is 0. The molecule has 1 aliphatic heterocycles. The maximum absolute atomic E-state index is 12.2. The van der Waals surface area contributed by atoms with E-state index in [2.05, 4.69) is 53.6 Å². The molecular formula is C20H25ClN3O-. The minimum atomic E-state index is 0. The van der Waals surface area contributed by atoms with Crippen molar-refractivity contribution in [2.45, 2.75) is 26.7 Å². The SMILES string of the molecule is CCN(CC)CC(=O)Nc1ccc2c(c1)Nc1ccccc1CC2.[Cl-]. The molecule has 0 aromatic heterocycles. The van der Waals surface area contributed by atoms with E-state index in [1.165, 1.54) is 11.1 Å². The highest BCUT2D eigenvalue weighted by atomic mass is 35.5. The maximum Gasteiger partial charge on any atom is 0.238 e. The summed E-state index contributed by atoms with van der Waals surface area (Å²) in [5.74, 6) is 0.0349. The van der Waals surface area contributed by atoms with Gasteiger partial charge >= 0.3 is 0 Å². The molecule has 0 atom stereocenters. The van der Waals surface area contributed by atoms with Crippen LogP contribution >= 0.6 is 0 Å². The number of nitrogens with one attached hydrogen (secondary N) is 2. The number of carbonyl (C=O) groups excluding carboxylic acids is 1. The smallest absolute Gasteiger partial charge is 0.238 e. The van der Waals surface area contributed by atoms with Crippen molar-refractivity contribution in [3.05, 3.63) is 53.6 Å². The van der Waals surface area contributed by atoms with Gasteiger partial charge in [0.2, 0.25) is 5.91 Å². The van der Waals surface area contributed by atoms with Crippen LogP contribution in [0.15, 0.2) is 42.5 Å². The summed E-state index contributed by atoms with van der Waals surface area (Å²) < 4.78 is 0. The molecule has 0 saturated carbocycles. The predicted molar refractivity (Wildman–Crippen MR) is 100.0 cm³/mol. The molecule has 1 aliphatic rings. The fraction of sp³-hybridized carbons (Fsp3) is 0.350. The van der Waals surface area contributed by atoms with Crippen molar-refractivity contribution in [1.29, 1.82) is 0 Å². The van der Waals surface area contributed by atoms with Gasteiger partial charge in [-0.25, -0.2) is 0 Å². The minimum Gasteiger partial charge on any atom is -1.00 e. The highest BCUT2D eigenvalue weighted by molar-refractivity contribution is 5.93. The number of hydrogen-bond acceptors (Lipinski definition) is 3. The minimum absolute atomic E-state index is 0. The average Bonchev–Trinajstić information content (AvgIpc) is 2.78. The highest BCUT2D eigenvalue weighted by Gasteiger charge is 2.14. The average molecular weight is 359 g/mol. The Morgan fingerprint density at radius 3 is 2.44 bits per heavy atom. The number of halogens is 1. The van der Waals surface area contributed by atoms with Gasteiger partial charge in [0.15, 0.2) is 0 Å². The van der Waals surface area contributed by atoms with Crippen molar-refractivity contribution in [2.75, 3.05) is 30.3 Å². The lowest BCUT2D eigenvalue weighted by atomic mass is 10.0. The van der Waals surface area contributed by atoms with Gasteiger partial charge in [0.25, 0.3) is 0 Å². The summed E-state index contributed by atoms with van der Waals surface area (Å²) in [5, 5.41) is 6.53. The molecule has 0 fully saturated rings. The fourth-order valence-electron chi connectivity index (χ4n) is 3.11. The van der Waals surface area contributed by atoms with E-state index in [9.17, 15) is 4.79 Å². The number of amides is 1. The zero-order chi connectivity index (χ0) is 16.9. The molecule has 2 N–H and O–H groups in total. The Labute approximate surface area is 156 Å². The van der Waals surface area contributed by atoms with Gasteiger partial charge in [0, 0.05) is 17.1 Å². The molecule has 4 nitrogen and oxygen atoms in total. The number of hydrogen-bond donors (Lipinski definition) is 2. The lowest BCUT2D eigenvalue weighted by Gasteiger charge is -2.18. The van der Waals surface area contributed by atoms with Crippen LogP contribution in [0.3, 0.4) is 0 Å². The summed E-state index contributed by atoms with van der Waals surface area (Å²) in [6.45, 7) is 6.33. The highest BCUT2D eigenvalue weighted by Crippen LogP contribution is 2.31. The molecule has 0 bridgehead atoms. The van der Waals surface area contributed by atoms with Crippen molar-refractivity contribution in [3.63, 3.8) is 0 Å². The van der Waals surface area contributed by atoms with Gasteiger partial charge in [-0.1, -0.05) is 38.1 Å². The third-order valence-corrected chi connectivity index (χ3v) is 4.61. The Kier molecular flexibility index (Phi) is 6.85. The zero-order valence-corrected chi connectivity index (χ0v) is 15.6. The Balaban J connectivity index is 0.00000225. The van der Waals surface area contributed by atoms with E-state index in [0.29, 0.717) is 6.54 Å². The van der Waals surface area contributed by atoms with Crippen LogP contribution in [-0.2, 0) is 17.6 Å². The van der Waals surface area contributed by atoms with Crippen LogP contribution in [-0.4, -0.2) is 30.4 Å². The predicted octanol–water partition coefficient (Wildman–Crippen LogP) is 0.813. The zero-order valence-electron chi connectivity index (χ0n) is 14.8. The molecule has 25 heavy (non-hydrogen) atoms. The lowest BCUT2D eigenvalue weighted by Crippen LogP contribution is -3.00. The van der Waals surface area contributed by atoms with Crippen LogP contribution in [0.2, 0.25) is 0 Å². The topological polar surface area (TPSA) is 44.4 Å². The molecule has 2 aromatic carbocycles. The Hall–Kier alpha value is -2.04. The number of rotatable bonds is 5. The van der Waals surface area contributed by atoms with Crippen LogP contribution in [0.25, 0.3) is 0 Å². The second-order valence-corrected chi connectivity index (χ2v) is 6.16. The Bertz CT molecular complexity index is 729. The van der Waals surface area contributed by atoms with Crippen molar-refractivity contribution in [2.24, 2.45) is 0 Å². The van der Waals surface area contributed by atoms with Crippen molar-refractivity contribution >= 4 is 23.0 Å². The van der Waals surface area contributed by atoms with Crippen LogP contribution < -0.4 is 23.0 Å². The van der Waals surface area contributed by atoms with E-state index in [1.54, 1.807) is 0 Å². The molecule has 3 rings (SSSR count). The number of likely N-dealkylation sites (N-methyl/N-ethyl adjacent to an activating group) is 1. The number of anilines is 3. The maximum atomic E-state index is 12.2. The van der Waals surface area contributed by atoms with Gasteiger partial charge in [0.05, 0.1) is 6.54 Å². The van der Waals surface area contributed by atoms with Crippen LogP contribution in [0.5, 0.6) is 0 Å². The number of nitrogens with zero attached hydrogens (tertiary/aromatic N) is 1. The fourth-order valence-corrected chi connectivity index (χ4v) is 3.11. The van der Waals surface area contributed by atoms with E-state index in [1.807, 2.05) is 18.2 Å². The van der Waals surface area contributed by atoms with E-state index in [4.69, 9.17) is 0 Å². The molecule has 0 radical (unpaired) electrons. The first-order valence-electron chi connectivity index (χ1n) is 8.69. The third kappa shape index (κ3) is 4.74. The molecule has 1 heterocycles. The molecule has 0 spiro atoms. The number of benzene rings is 2. The quantitative estimate of drug-likeness (QED) is 0.831. The molecule has 2 aromatic rings. The number of para-hydroxylation sites is 1. The first-order chi connectivity index (χ1) is 11.7. The molecule has 1 amide bonds. The van der Waals surface area contributed by atoms with E-state index >= 15 is 0 Å². The van der Waals surface area contributed by atoms with Crippen molar-refractivity contribution in [3.8, 4) is 0 Å². The normalized spacial score (nSPS) is 12.3. The van der Waals surface area contributed by atoms with Gasteiger partial charge in [-0.2, -0.15) is 0 Å². The lowest BCUT2D eigenvalue weighted by molar-refractivity contribution is -0.117. The monoisotopic (exact) mass is 358 g/mol. The number of aryl methyl sites for hydroxylation is 2. The number of carbonyl (C=O) groups is 1.